The lowest BCUT2D eigenvalue weighted by atomic mass is 10.1. The first-order chi connectivity index (χ1) is 9.93. The smallest absolute Gasteiger partial charge is 0.224 e. The van der Waals surface area contributed by atoms with E-state index in [2.05, 4.69) is 5.32 Å². The number of anilines is 1. The number of nitrogens with zero attached hydrogens (tertiary/aromatic N) is 1. The first-order valence-corrected chi connectivity index (χ1v) is 7.32. The number of carbonyl (C=O) groups is 2. The molecule has 0 aliphatic heterocycles. The van der Waals surface area contributed by atoms with E-state index >= 15 is 0 Å². The van der Waals surface area contributed by atoms with E-state index in [1.807, 2.05) is 38.1 Å². The van der Waals surface area contributed by atoms with Crippen LogP contribution >= 0.6 is 0 Å². The van der Waals surface area contributed by atoms with Crippen LogP contribution in [0.15, 0.2) is 24.3 Å². The Bertz CT molecular complexity index is 486. The fourth-order valence-electron chi connectivity index (χ4n) is 2.00. The standard InChI is InChI=1S/C16H25N3O2/c1-4-19(13(3)20)11-14-7-5-6-8-15(14)18-16(21)10-9-12(2)17/h5-8,12H,4,9-11,17H2,1-3H3,(H,18,21). The molecule has 1 atom stereocenters. The van der Waals surface area contributed by atoms with Crippen molar-refractivity contribution in [1.82, 2.24) is 4.90 Å². The molecule has 5 heteroatoms. The van der Waals surface area contributed by atoms with Crippen LogP contribution in [0, 0.1) is 0 Å². The van der Waals surface area contributed by atoms with Crippen molar-refractivity contribution in [1.29, 1.82) is 0 Å². The van der Waals surface area contributed by atoms with Crippen LogP contribution in [0.4, 0.5) is 5.69 Å². The van der Waals surface area contributed by atoms with Gasteiger partial charge in [0.05, 0.1) is 0 Å². The average Bonchev–Trinajstić information content (AvgIpc) is 2.43. The number of nitrogens with one attached hydrogen (secondary N) is 1. The third-order valence-corrected chi connectivity index (χ3v) is 3.31. The summed E-state index contributed by atoms with van der Waals surface area (Å²) in [6.45, 7) is 6.50. The van der Waals surface area contributed by atoms with Gasteiger partial charge in [-0.3, -0.25) is 9.59 Å². The molecular formula is C16H25N3O2. The number of hydrogen-bond acceptors (Lipinski definition) is 3. The molecule has 3 N–H and O–H groups in total. The average molecular weight is 291 g/mol. The third kappa shape index (κ3) is 5.95. The van der Waals surface area contributed by atoms with Gasteiger partial charge in [0, 0.05) is 38.2 Å². The summed E-state index contributed by atoms with van der Waals surface area (Å²) in [5, 5.41) is 2.90. The lowest BCUT2D eigenvalue weighted by Crippen LogP contribution is -2.28. The Balaban J connectivity index is 2.75. The van der Waals surface area contributed by atoms with E-state index < -0.39 is 0 Å². The van der Waals surface area contributed by atoms with E-state index in [1.165, 1.54) is 0 Å². The Morgan fingerprint density at radius 2 is 2.00 bits per heavy atom. The minimum absolute atomic E-state index is 0.0132. The number of para-hydroxylation sites is 1. The molecule has 0 spiro atoms. The van der Waals surface area contributed by atoms with Crippen LogP contribution in [0.1, 0.15) is 39.2 Å². The molecule has 1 aromatic carbocycles. The summed E-state index contributed by atoms with van der Waals surface area (Å²) >= 11 is 0. The van der Waals surface area contributed by atoms with E-state index in [-0.39, 0.29) is 17.9 Å². The topological polar surface area (TPSA) is 75.4 Å². The molecule has 0 aromatic heterocycles. The predicted octanol–water partition coefficient (Wildman–Crippen LogP) is 2.12. The molecule has 0 aliphatic carbocycles. The molecule has 2 amide bonds. The first kappa shape index (κ1) is 17.2. The predicted molar refractivity (Wildman–Crippen MR) is 84.7 cm³/mol. The van der Waals surface area contributed by atoms with E-state index in [4.69, 9.17) is 5.73 Å². The number of benzene rings is 1. The maximum absolute atomic E-state index is 11.9. The molecule has 116 valence electrons. The third-order valence-electron chi connectivity index (χ3n) is 3.31. The molecule has 1 aromatic rings. The number of carbonyl (C=O) groups excluding carboxylic acids is 2. The summed E-state index contributed by atoms with van der Waals surface area (Å²) in [7, 11) is 0. The van der Waals surface area contributed by atoms with Crippen LogP contribution in [0.5, 0.6) is 0 Å². The molecule has 0 fully saturated rings. The van der Waals surface area contributed by atoms with Gasteiger partial charge in [-0.25, -0.2) is 0 Å². The molecule has 0 radical (unpaired) electrons. The lowest BCUT2D eigenvalue weighted by molar-refractivity contribution is -0.129. The summed E-state index contributed by atoms with van der Waals surface area (Å²) in [5.41, 5.74) is 7.35. The van der Waals surface area contributed by atoms with Crippen LogP contribution < -0.4 is 11.1 Å². The number of nitrogens with two attached hydrogens (primary N) is 1. The molecule has 0 bridgehead atoms. The molecule has 1 unspecified atom stereocenters. The number of amides is 2. The van der Waals surface area contributed by atoms with Crippen molar-refractivity contribution >= 4 is 17.5 Å². The summed E-state index contributed by atoms with van der Waals surface area (Å²) in [6, 6.07) is 7.56. The summed E-state index contributed by atoms with van der Waals surface area (Å²) in [6.07, 6.45) is 1.05. The van der Waals surface area contributed by atoms with Gasteiger partial charge in [0.1, 0.15) is 0 Å². The molecule has 0 saturated carbocycles. The number of hydrogen-bond donors (Lipinski definition) is 2. The van der Waals surface area contributed by atoms with Gasteiger partial charge in [-0.1, -0.05) is 18.2 Å². The quantitative estimate of drug-likeness (QED) is 0.808. The van der Waals surface area contributed by atoms with Gasteiger partial charge in [0.15, 0.2) is 0 Å². The Kier molecular flexibility index (Phi) is 6.88. The van der Waals surface area contributed by atoms with Gasteiger partial charge < -0.3 is 16.0 Å². The second kappa shape index (κ2) is 8.42. The van der Waals surface area contributed by atoms with Crippen LogP contribution in [0.3, 0.4) is 0 Å². The van der Waals surface area contributed by atoms with Crippen LogP contribution in [-0.2, 0) is 16.1 Å². The molecule has 0 saturated heterocycles. The minimum atomic E-state index is -0.0503. The second-order valence-corrected chi connectivity index (χ2v) is 5.25. The van der Waals surface area contributed by atoms with Crippen molar-refractivity contribution in [3.8, 4) is 0 Å². The lowest BCUT2D eigenvalue weighted by Gasteiger charge is -2.21. The highest BCUT2D eigenvalue weighted by Gasteiger charge is 2.12. The van der Waals surface area contributed by atoms with Crippen LogP contribution in [0.25, 0.3) is 0 Å². The van der Waals surface area contributed by atoms with E-state index in [1.54, 1.807) is 11.8 Å². The Morgan fingerprint density at radius 3 is 2.57 bits per heavy atom. The van der Waals surface area contributed by atoms with Crippen molar-refractivity contribution in [3.63, 3.8) is 0 Å². The van der Waals surface area contributed by atoms with E-state index in [0.717, 1.165) is 11.3 Å². The fourth-order valence-corrected chi connectivity index (χ4v) is 2.00. The zero-order chi connectivity index (χ0) is 15.8. The van der Waals surface area contributed by atoms with E-state index in [9.17, 15) is 9.59 Å². The summed E-state index contributed by atoms with van der Waals surface area (Å²) in [4.78, 5) is 25.2. The zero-order valence-corrected chi connectivity index (χ0v) is 13.1. The second-order valence-electron chi connectivity index (χ2n) is 5.25. The van der Waals surface area contributed by atoms with Crippen molar-refractivity contribution in [2.24, 2.45) is 5.73 Å². The highest BCUT2D eigenvalue weighted by Crippen LogP contribution is 2.18. The monoisotopic (exact) mass is 291 g/mol. The molecular weight excluding hydrogens is 266 g/mol. The first-order valence-electron chi connectivity index (χ1n) is 7.32. The van der Waals surface area contributed by atoms with Crippen LogP contribution in [-0.4, -0.2) is 29.3 Å². The van der Waals surface area contributed by atoms with Gasteiger partial charge in [0.2, 0.25) is 11.8 Å². The SMILES string of the molecule is CCN(Cc1ccccc1NC(=O)CCC(C)N)C(C)=O. The Morgan fingerprint density at radius 1 is 1.33 bits per heavy atom. The molecule has 0 heterocycles. The van der Waals surface area contributed by atoms with E-state index in [0.29, 0.717) is 25.9 Å². The van der Waals surface area contributed by atoms with Gasteiger partial charge in [-0.15, -0.1) is 0 Å². The van der Waals surface area contributed by atoms with Crippen molar-refractivity contribution in [2.45, 2.75) is 46.2 Å². The van der Waals surface area contributed by atoms with Gasteiger partial charge in [0.25, 0.3) is 0 Å². The van der Waals surface area contributed by atoms with Crippen molar-refractivity contribution in [3.05, 3.63) is 29.8 Å². The Hall–Kier alpha value is -1.88. The van der Waals surface area contributed by atoms with Gasteiger partial charge in [-0.05, 0) is 31.9 Å². The highest BCUT2D eigenvalue weighted by molar-refractivity contribution is 5.91. The van der Waals surface area contributed by atoms with Crippen molar-refractivity contribution < 1.29 is 9.59 Å². The maximum Gasteiger partial charge on any atom is 0.224 e. The summed E-state index contributed by atoms with van der Waals surface area (Å²) in [5.74, 6) is -0.0267. The number of rotatable bonds is 7. The molecule has 5 nitrogen and oxygen atoms in total. The van der Waals surface area contributed by atoms with Gasteiger partial charge in [-0.2, -0.15) is 0 Å². The normalized spacial score (nSPS) is 11.8. The minimum Gasteiger partial charge on any atom is -0.339 e. The molecule has 0 aliphatic rings. The maximum atomic E-state index is 11.9. The van der Waals surface area contributed by atoms with Crippen LogP contribution in [0.2, 0.25) is 0 Å². The van der Waals surface area contributed by atoms with Crippen molar-refractivity contribution in [2.75, 3.05) is 11.9 Å². The highest BCUT2D eigenvalue weighted by atomic mass is 16.2. The zero-order valence-electron chi connectivity index (χ0n) is 13.1. The molecule has 21 heavy (non-hydrogen) atoms. The largest absolute Gasteiger partial charge is 0.339 e. The fraction of sp³-hybridized carbons (Fsp3) is 0.500. The Labute approximate surface area is 126 Å². The molecule has 1 rings (SSSR count). The van der Waals surface area contributed by atoms with Gasteiger partial charge >= 0.3 is 0 Å². The summed E-state index contributed by atoms with van der Waals surface area (Å²) < 4.78 is 0.